The molecule has 2 rings (SSSR count). The normalized spacial score (nSPS) is 12.8. The molecular formula is C13H8F3O6S2. The molecule has 0 aromatic heterocycles. The summed E-state index contributed by atoms with van der Waals surface area (Å²) in [6, 6.07) is 6.20. The van der Waals surface area contributed by atoms with Crippen LogP contribution in [0.25, 0.3) is 0 Å². The van der Waals surface area contributed by atoms with Crippen molar-refractivity contribution in [2.45, 2.75) is 16.0 Å². The zero-order chi connectivity index (χ0) is 18.2. The van der Waals surface area contributed by atoms with Gasteiger partial charge in [-0.05, 0) is 48.5 Å². The first kappa shape index (κ1) is 18.2. The van der Waals surface area contributed by atoms with Crippen LogP contribution in [0.4, 0.5) is 13.2 Å². The van der Waals surface area contributed by atoms with Gasteiger partial charge in [0.15, 0.2) is 0 Å². The topological polar surface area (TPSA) is 97.4 Å². The van der Waals surface area contributed by atoms with Gasteiger partial charge in [0, 0.05) is 0 Å². The Kier molecular flexibility index (Phi) is 4.61. The lowest BCUT2D eigenvalue weighted by Gasteiger charge is -2.09. The summed E-state index contributed by atoms with van der Waals surface area (Å²) in [5.41, 5.74) is -1.02. The number of hydrogen-bond acceptors (Lipinski definition) is 5. The van der Waals surface area contributed by atoms with Crippen LogP contribution in [-0.4, -0.2) is 16.8 Å². The molecule has 0 saturated heterocycles. The maximum atomic E-state index is 12.4. The molecular weight excluding hydrogens is 373 g/mol. The van der Waals surface area contributed by atoms with Crippen LogP contribution in [0.2, 0.25) is 0 Å². The molecule has 0 unspecified atom stereocenters. The lowest BCUT2D eigenvalue weighted by Crippen LogP contribution is -2.11. The van der Waals surface area contributed by atoms with Crippen molar-refractivity contribution in [3.8, 4) is 5.75 Å². The van der Waals surface area contributed by atoms with Gasteiger partial charge in [0.05, 0.1) is 10.5 Å². The Labute approximate surface area is 135 Å². The first-order valence-electron chi connectivity index (χ1n) is 6.07. The van der Waals surface area contributed by atoms with Crippen LogP contribution >= 0.6 is 0 Å². The molecule has 0 atom stereocenters. The maximum absolute atomic E-state index is 12.4. The Morgan fingerprint density at radius 2 is 1.21 bits per heavy atom. The van der Waals surface area contributed by atoms with Gasteiger partial charge < -0.3 is 4.18 Å². The summed E-state index contributed by atoms with van der Waals surface area (Å²) in [4.78, 5) is -1.10. The van der Waals surface area contributed by atoms with Gasteiger partial charge in [0.1, 0.15) is 10.6 Å². The minimum atomic E-state index is -4.70. The number of alkyl halides is 3. The van der Waals surface area contributed by atoms with Gasteiger partial charge in [0.25, 0.3) is 0 Å². The van der Waals surface area contributed by atoms with Gasteiger partial charge in [-0.3, -0.25) is 0 Å². The summed E-state index contributed by atoms with van der Waals surface area (Å²) in [6.45, 7) is 0. The van der Waals surface area contributed by atoms with Gasteiger partial charge in [-0.25, -0.2) is 0 Å². The summed E-state index contributed by atoms with van der Waals surface area (Å²) < 4.78 is 98.2. The van der Waals surface area contributed by atoms with E-state index in [0.29, 0.717) is 12.1 Å². The molecule has 0 amide bonds. The molecule has 0 N–H and O–H groups in total. The van der Waals surface area contributed by atoms with E-state index < -0.39 is 41.8 Å². The third-order valence-corrected chi connectivity index (χ3v) is 4.90. The summed E-state index contributed by atoms with van der Waals surface area (Å²) >= 11 is 0. The molecule has 24 heavy (non-hydrogen) atoms. The lowest BCUT2D eigenvalue weighted by atomic mass is 10.2. The first-order chi connectivity index (χ1) is 10.9. The minimum Gasteiger partial charge on any atom is -0.379 e. The summed E-state index contributed by atoms with van der Waals surface area (Å²) in [5, 5.41) is 0. The molecule has 6 nitrogen and oxygen atoms in total. The zero-order valence-corrected chi connectivity index (χ0v) is 13.2. The number of benzene rings is 2. The Bertz CT molecular complexity index is 931. The van der Waals surface area contributed by atoms with Gasteiger partial charge in [-0.15, -0.1) is 0 Å². The highest BCUT2D eigenvalue weighted by Crippen LogP contribution is 2.30. The highest BCUT2D eigenvalue weighted by atomic mass is 32.2. The van der Waals surface area contributed by atoms with Gasteiger partial charge >= 0.3 is 26.4 Å². The van der Waals surface area contributed by atoms with E-state index in [1.54, 1.807) is 0 Å². The molecule has 0 spiro atoms. The standard InChI is InChI=1S/C13H8F3O6S2/c14-13(15,16)9-1-5-12(6-2-9)24(20,21)22-10-3-7-11(8-4-10)23(17,18)19/h1-8H. The lowest BCUT2D eigenvalue weighted by molar-refractivity contribution is -0.137. The van der Waals surface area contributed by atoms with Crippen LogP contribution in [-0.2, 0) is 31.0 Å². The smallest absolute Gasteiger partial charge is 0.379 e. The average Bonchev–Trinajstić information content (AvgIpc) is 2.46. The molecule has 0 fully saturated rings. The second-order valence-corrected chi connectivity index (χ2v) is 7.41. The molecule has 2 aromatic carbocycles. The fourth-order valence-electron chi connectivity index (χ4n) is 1.65. The number of rotatable bonds is 4. The van der Waals surface area contributed by atoms with Crippen LogP contribution < -0.4 is 4.18 Å². The fourth-order valence-corrected chi connectivity index (χ4v) is 3.05. The molecule has 0 aliphatic carbocycles. The van der Waals surface area contributed by atoms with Gasteiger partial charge in [-0.2, -0.15) is 30.0 Å². The van der Waals surface area contributed by atoms with E-state index in [-0.39, 0.29) is 5.75 Å². The van der Waals surface area contributed by atoms with E-state index >= 15 is 0 Å². The van der Waals surface area contributed by atoms with E-state index in [1.165, 1.54) is 0 Å². The maximum Gasteiger partial charge on any atom is 0.416 e. The zero-order valence-electron chi connectivity index (χ0n) is 11.5. The van der Waals surface area contributed by atoms with Crippen molar-refractivity contribution in [2.24, 2.45) is 0 Å². The predicted octanol–water partition coefficient (Wildman–Crippen LogP) is 2.59. The van der Waals surface area contributed by atoms with Crippen molar-refractivity contribution in [1.29, 1.82) is 0 Å². The summed E-state index contributed by atoms with van der Waals surface area (Å²) in [5.74, 6) is -0.303. The molecule has 11 heteroatoms. The van der Waals surface area contributed by atoms with E-state index in [2.05, 4.69) is 4.18 Å². The third kappa shape index (κ3) is 4.24. The second-order valence-electron chi connectivity index (χ2n) is 4.49. The molecule has 1 radical (unpaired) electrons. The van der Waals surface area contributed by atoms with Crippen molar-refractivity contribution in [1.82, 2.24) is 0 Å². The minimum absolute atomic E-state index is 0.303. The van der Waals surface area contributed by atoms with Crippen LogP contribution in [0.1, 0.15) is 5.56 Å². The molecule has 2 aromatic rings. The molecule has 0 heterocycles. The van der Waals surface area contributed by atoms with E-state index in [1.807, 2.05) is 0 Å². The highest BCUT2D eigenvalue weighted by molar-refractivity contribution is 7.87. The Hall–Kier alpha value is -2.11. The predicted molar refractivity (Wildman–Crippen MR) is 73.6 cm³/mol. The molecule has 0 aliphatic heterocycles. The largest absolute Gasteiger partial charge is 0.416 e. The summed E-state index contributed by atoms with van der Waals surface area (Å²) in [7, 11) is -9.11. The van der Waals surface area contributed by atoms with E-state index in [0.717, 1.165) is 36.4 Å². The van der Waals surface area contributed by atoms with Crippen LogP contribution in [0, 0.1) is 0 Å². The van der Waals surface area contributed by atoms with Gasteiger partial charge in [0.2, 0.25) is 0 Å². The van der Waals surface area contributed by atoms with Crippen molar-refractivity contribution in [3.05, 3.63) is 54.1 Å². The number of halogens is 3. The Morgan fingerprint density at radius 1 is 0.750 bits per heavy atom. The average molecular weight is 381 g/mol. The quantitative estimate of drug-likeness (QED) is 0.759. The molecule has 0 saturated carbocycles. The SMILES string of the molecule is [O]S(=O)(=O)c1ccc(OS(=O)(=O)c2ccc(C(F)(F)F)cc2)cc1. The third-order valence-electron chi connectivity index (χ3n) is 2.79. The van der Waals surface area contributed by atoms with Crippen molar-refractivity contribution in [3.63, 3.8) is 0 Å². The Balaban J connectivity index is 2.25. The number of hydrogen-bond donors (Lipinski definition) is 0. The molecule has 0 bridgehead atoms. The Morgan fingerprint density at radius 3 is 1.62 bits per heavy atom. The summed E-state index contributed by atoms with van der Waals surface area (Å²) in [6.07, 6.45) is -4.61. The monoisotopic (exact) mass is 381 g/mol. The molecule has 0 aliphatic rings. The van der Waals surface area contributed by atoms with E-state index in [9.17, 15) is 34.6 Å². The van der Waals surface area contributed by atoms with E-state index in [4.69, 9.17) is 0 Å². The molecule has 129 valence electrons. The highest BCUT2D eigenvalue weighted by Gasteiger charge is 2.30. The van der Waals surface area contributed by atoms with Crippen molar-refractivity contribution >= 4 is 20.2 Å². The first-order valence-corrected chi connectivity index (χ1v) is 8.89. The van der Waals surface area contributed by atoms with Crippen molar-refractivity contribution < 1.29 is 38.7 Å². The van der Waals surface area contributed by atoms with Crippen LogP contribution in [0.3, 0.4) is 0 Å². The second kappa shape index (κ2) is 6.07. The van der Waals surface area contributed by atoms with Crippen LogP contribution in [0.15, 0.2) is 58.3 Å². The van der Waals surface area contributed by atoms with Crippen LogP contribution in [0.5, 0.6) is 5.75 Å². The van der Waals surface area contributed by atoms with Crippen molar-refractivity contribution in [2.75, 3.05) is 0 Å². The fraction of sp³-hybridized carbons (Fsp3) is 0.0769. The van der Waals surface area contributed by atoms with Gasteiger partial charge in [-0.1, -0.05) is 4.55 Å².